The molecule has 0 bridgehead atoms. The van der Waals surface area contributed by atoms with Crippen LogP contribution in [0.5, 0.6) is 0 Å². The zero-order valence-corrected chi connectivity index (χ0v) is 20.3. The Hall–Kier alpha value is -3.80. The molecule has 0 atom stereocenters. The van der Waals surface area contributed by atoms with Crippen molar-refractivity contribution < 1.29 is 14.3 Å². The second-order valence-corrected chi connectivity index (χ2v) is 8.29. The first kappa shape index (κ1) is 23.4. The van der Waals surface area contributed by atoms with Gasteiger partial charge in [0.1, 0.15) is 24.4 Å². The number of aromatic carboxylic acids is 1. The minimum absolute atomic E-state index is 0.212. The lowest BCUT2D eigenvalue weighted by Gasteiger charge is -2.22. The number of nitrogen functional groups attached to an aromatic ring is 1. The fourth-order valence-corrected chi connectivity index (χ4v) is 4.68. The summed E-state index contributed by atoms with van der Waals surface area (Å²) in [6.45, 7) is 12.0. The molecule has 4 rings (SSSR count). The Bertz CT molecular complexity index is 1390. The maximum absolute atomic E-state index is 12.1. The summed E-state index contributed by atoms with van der Waals surface area (Å²) < 4.78 is 8.72. The second-order valence-electron chi connectivity index (χ2n) is 8.29. The summed E-state index contributed by atoms with van der Waals surface area (Å²) >= 11 is 0. The van der Waals surface area contributed by atoms with Gasteiger partial charge in [-0.1, -0.05) is 0 Å². The predicted molar refractivity (Wildman–Crippen MR) is 140 cm³/mol. The summed E-state index contributed by atoms with van der Waals surface area (Å²) in [7, 11) is 0. The van der Waals surface area contributed by atoms with E-state index in [0.717, 1.165) is 53.7 Å². The third-order valence-electron chi connectivity index (χ3n) is 6.49. The van der Waals surface area contributed by atoms with Gasteiger partial charge < -0.3 is 20.2 Å². The lowest BCUT2D eigenvalue weighted by atomic mass is 9.90. The molecule has 2 aliphatic rings. The Balaban J connectivity index is 2.16. The molecule has 0 aromatic heterocycles. The van der Waals surface area contributed by atoms with Gasteiger partial charge in [-0.25, -0.2) is 9.37 Å². The molecular formula is C28H32N3O3+. The molecule has 0 saturated heterocycles. The fourth-order valence-electron chi connectivity index (χ4n) is 4.68. The number of carbonyl (C=O) groups is 1. The first-order chi connectivity index (χ1) is 16.4. The lowest BCUT2D eigenvalue weighted by molar-refractivity contribution is 0.0698. The van der Waals surface area contributed by atoms with Crippen molar-refractivity contribution in [3.05, 3.63) is 65.5 Å². The SMILES string of the molecule is CCN(CC)c1ccc2c(-c3cc(N)ccc3C(=O)O)c3ccc(=[N+](CC)CC)cc-3oc2c1. The highest BCUT2D eigenvalue weighted by molar-refractivity contribution is 6.08. The van der Waals surface area contributed by atoms with E-state index in [0.29, 0.717) is 22.6 Å². The normalized spacial score (nSPS) is 11.2. The quantitative estimate of drug-likeness (QED) is 0.228. The van der Waals surface area contributed by atoms with Crippen molar-refractivity contribution in [2.45, 2.75) is 27.7 Å². The van der Waals surface area contributed by atoms with E-state index in [1.165, 1.54) is 0 Å². The van der Waals surface area contributed by atoms with Crippen LogP contribution in [-0.4, -0.2) is 37.3 Å². The van der Waals surface area contributed by atoms with E-state index >= 15 is 0 Å². The number of rotatable bonds is 7. The number of hydrogen-bond donors (Lipinski definition) is 2. The highest BCUT2D eigenvalue weighted by atomic mass is 16.4. The first-order valence-electron chi connectivity index (χ1n) is 11.9. The van der Waals surface area contributed by atoms with E-state index in [2.05, 4.69) is 49.3 Å². The van der Waals surface area contributed by atoms with Crippen molar-refractivity contribution in [1.29, 1.82) is 0 Å². The van der Waals surface area contributed by atoms with E-state index in [4.69, 9.17) is 10.2 Å². The maximum atomic E-state index is 12.1. The number of anilines is 2. The molecular weight excluding hydrogens is 426 g/mol. The zero-order valence-electron chi connectivity index (χ0n) is 20.3. The maximum Gasteiger partial charge on any atom is 0.336 e. The molecule has 6 nitrogen and oxygen atoms in total. The minimum Gasteiger partial charge on any atom is -0.478 e. The Morgan fingerprint density at radius 3 is 2.32 bits per heavy atom. The molecule has 0 saturated carbocycles. The number of fused-ring (bicyclic) bond motifs is 2. The molecule has 0 fully saturated rings. The highest BCUT2D eigenvalue weighted by Crippen LogP contribution is 2.42. The van der Waals surface area contributed by atoms with Gasteiger partial charge in [0.05, 0.1) is 11.6 Å². The van der Waals surface area contributed by atoms with Gasteiger partial charge in [-0.3, -0.25) is 0 Å². The van der Waals surface area contributed by atoms with Crippen LogP contribution in [0.25, 0.3) is 33.4 Å². The van der Waals surface area contributed by atoms with Crippen LogP contribution in [0.1, 0.15) is 38.1 Å². The number of hydrogen-bond acceptors (Lipinski definition) is 4. The Kier molecular flexibility index (Phi) is 6.59. The molecule has 0 amide bonds. The van der Waals surface area contributed by atoms with Crippen molar-refractivity contribution in [2.24, 2.45) is 0 Å². The van der Waals surface area contributed by atoms with Crippen molar-refractivity contribution >= 4 is 28.3 Å². The second kappa shape index (κ2) is 9.59. The van der Waals surface area contributed by atoms with Gasteiger partial charge in [0.2, 0.25) is 5.36 Å². The van der Waals surface area contributed by atoms with Crippen LogP contribution >= 0.6 is 0 Å². The van der Waals surface area contributed by atoms with E-state index in [1.807, 2.05) is 24.3 Å². The average molecular weight is 459 g/mol. The molecule has 34 heavy (non-hydrogen) atoms. The summed E-state index contributed by atoms with van der Waals surface area (Å²) in [6.07, 6.45) is 0. The van der Waals surface area contributed by atoms with Gasteiger partial charge >= 0.3 is 5.97 Å². The standard InChI is InChI=1S/C28H31N3O3/c1-5-30(6-2)19-10-13-22-25(16-19)34-26-17-20(31(7-3)8-4)11-14-23(26)27(22)24-15-18(29)9-12-21(24)28(32)33/h9-17H,5-8,29H2,1-4H3/p+1. The average Bonchev–Trinajstić information content (AvgIpc) is 2.83. The van der Waals surface area contributed by atoms with Crippen LogP contribution in [0.3, 0.4) is 0 Å². The molecule has 3 N–H and O–H groups in total. The molecule has 2 aromatic carbocycles. The summed E-state index contributed by atoms with van der Waals surface area (Å²) in [5, 5.41) is 11.9. The van der Waals surface area contributed by atoms with Gasteiger partial charge in [-0.2, -0.15) is 0 Å². The Morgan fingerprint density at radius 2 is 1.68 bits per heavy atom. The zero-order chi connectivity index (χ0) is 24.4. The molecule has 0 spiro atoms. The van der Waals surface area contributed by atoms with Crippen LogP contribution in [0, 0.1) is 0 Å². The third kappa shape index (κ3) is 4.12. The minimum atomic E-state index is -0.989. The van der Waals surface area contributed by atoms with Crippen LogP contribution < -0.4 is 20.6 Å². The predicted octanol–water partition coefficient (Wildman–Crippen LogP) is 5.14. The van der Waals surface area contributed by atoms with E-state index in [9.17, 15) is 9.90 Å². The molecule has 1 aliphatic carbocycles. The number of nitrogens with zero attached hydrogens (tertiary/aromatic N) is 2. The summed E-state index contributed by atoms with van der Waals surface area (Å²) in [6, 6.07) is 17.2. The highest BCUT2D eigenvalue weighted by Gasteiger charge is 2.23. The Morgan fingerprint density at radius 1 is 0.941 bits per heavy atom. The molecule has 1 aliphatic heterocycles. The third-order valence-corrected chi connectivity index (χ3v) is 6.49. The lowest BCUT2D eigenvalue weighted by Crippen LogP contribution is -2.29. The number of nitrogens with two attached hydrogens (primary N) is 1. The van der Waals surface area contributed by atoms with Crippen LogP contribution in [-0.2, 0) is 0 Å². The fraction of sp³-hybridized carbons (Fsp3) is 0.286. The Labute approximate surface area is 199 Å². The monoisotopic (exact) mass is 458 g/mol. The van der Waals surface area contributed by atoms with E-state index in [1.54, 1.807) is 18.2 Å². The summed E-state index contributed by atoms with van der Waals surface area (Å²) in [4.78, 5) is 14.4. The van der Waals surface area contributed by atoms with Crippen molar-refractivity contribution in [1.82, 2.24) is 4.58 Å². The van der Waals surface area contributed by atoms with Gasteiger partial charge in [0, 0.05) is 53.1 Å². The van der Waals surface area contributed by atoms with E-state index in [-0.39, 0.29) is 5.56 Å². The molecule has 1 heterocycles. The van der Waals surface area contributed by atoms with Gasteiger partial charge in [-0.05, 0) is 69.7 Å². The number of carboxylic acids is 1. The van der Waals surface area contributed by atoms with Crippen LogP contribution in [0.2, 0.25) is 0 Å². The molecule has 0 radical (unpaired) electrons. The van der Waals surface area contributed by atoms with Crippen molar-refractivity contribution in [2.75, 3.05) is 36.8 Å². The molecule has 6 heteroatoms. The van der Waals surface area contributed by atoms with Gasteiger partial charge in [0.25, 0.3) is 0 Å². The van der Waals surface area contributed by atoms with Crippen LogP contribution in [0.15, 0.2) is 59.0 Å². The van der Waals surface area contributed by atoms with Crippen molar-refractivity contribution in [3.63, 3.8) is 0 Å². The topological polar surface area (TPSA) is 82.7 Å². The molecule has 0 unspecified atom stereocenters. The number of carboxylic acid groups (broad SMARTS) is 1. The van der Waals surface area contributed by atoms with Crippen molar-refractivity contribution in [3.8, 4) is 22.5 Å². The van der Waals surface area contributed by atoms with Gasteiger partial charge in [-0.15, -0.1) is 0 Å². The summed E-state index contributed by atoms with van der Waals surface area (Å²) in [5.41, 5.74) is 10.9. The first-order valence-corrected chi connectivity index (χ1v) is 11.9. The summed E-state index contributed by atoms with van der Waals surface area (Å²) in [5.74, 6) is -0.279. The molecule has 176 valence electrons. The molecule has 2 aromatic rings. The number of benzene rings is 3. The van der Waals surface area contributed by atoms with Gasteiger partial charge in [0.15, 0.2) is 0 Å². The smallest absolute Gasteiger partial charge is 0.336 e. The van der Waals surface area contributed by atoms with Crippen LogP contribution in [0.4, 0.5) is 11.4 Å². The van der Waals surface area contributed by atoms with E-state index < -0.39 is 5.97 Å². The largest absolute Gasteiger partial charge is 0.478 e.